The summed E-state index contributed by atoms with van der Waals surface area (Å²) in [5, 5.41) is 17.1. The van der Waals surface area contributed by atoms with Gasteiger partial charge >= 0.3 is 0 Å². The molecule has 0 bridgehead atoms. The Balaban J connectivity index is 1.80. The number of aliphatic hydroxyl groups excluding tert-OH is 1. The average Bonchev–Trinajstić information content (AvgIpc) is 3.17. The van der Waals surface area contributed by atoms with Crippen LogP contribution in [0.25, 0.3) is 0 Å². The lowest BCUT2D eigenvalue weighted by Gasteiger charge is -2.35. The van der Waals surface area contributed by atoms with Crippen molar-refractivity contribution in [2.75, 3.05) is 12.5 Å². The molecular formula is C30H41N3O5S. The minimum atomic E-state index is -1.56. The molecule has 9 heteroatoms. The minimum absolute atomic E-state index is 0.228. The predicted molar refractivity (Wildman–Crippen MR) is 155 cm³/mol. The summed E-state index contributed by atoms with van der Waals surface area (Å²) in [7, 11) is 0. The van der Waals surface area contributed by atoms with Gasteiger partial charge in [-0.25, -0.2) is 0 Å². The number of aliphatic hydroxyl groups is 1. The van der Waals surface area contributed by atoms with E-state index in [0.717, 1.165) is 16.7 Å². The van der Waals surface area contributed by atoms with E-state index in [2.05, 4.69) is 10.6 Å². The summed E-state index contributed by atoms with van der Waals surface area (Å²) < 4.78 is 5.24. The minimum Gasteiger partial charge on any atom is -0.483 e. The maximum absolute atomic E-state index is 13.7. The lowest BCUT2D eigenvalue weighted by molar-refractivity contribution is -0.148. The van der Waals surface area contributed by atoms with E-state index in [4.69, 9.17) is 4.74 Å². The zero-order valence-electron chi connectivity index (χ0n) is 23.9. The van der Waals surface area contributed by atoms with Gasteiger partial charge in [0.25, 0.3) is 11.8 Å². The molecule has 1 aliphatic rings. The standard InChI is InChI=1S/C30H41N3O5S/c1-19-12-11-13-20(2)25(19)38-17-23(34)31-22(16-21-14-9-8-10-15-21)24(35)28(37)33-18-39-30(6,7)26(33)27(36)32-29(3,4)5/h8-15,22,24,26,35H,16-18H2,1-7H3,(H,31,34)(H,32,36)/t22-,24-,26+/m0/s1. The summed E-state index contributed by atoms with van der Waals surface area (Å²) in [4.78, 5) is 41.3. The van der Waals surface area contributed by atoms with Crippen molar-refractivity contribution in [3.63, 3.8) is 0 Å². The molecule has 8 nitrogen and oxygen atoms in total. The first-order valence-corrected chi connectivity index (χ1v) is 14.1. The Labute approximate surface area is 235 Å². The SMILES string of the molecule is Cc1cccc(C)c1OCC(=O)N[C@@H](Cc1ccccc1)[C@H](O)C(=O)N1CSC(C)(C)[C@H]1C(=O)NC(C)(C)C. The van der Waals surface area contributed by atoms with Crippen LogP contribution < -0.4 is 15.4 Å². The van der Waals surface area contributed by atoms with Crippen molar-refractivity contribution < 1.29 is 24.2 Å². The third-order valence-corrected chi connectivity index (χ3v) is 7.99. The van der Waals surface area contributed by atoms with Gasteiger partial charge in [0, 0.05) is 10.3 Å². The highest BCUT2D eigenvalue weighted by molar-refractivity contribution is 8.00. The van der Waals surface area contributed by atoms with E-state index in [9.17, 15) is 19.5 Å². The molecule has 0 radical (unpaired) electrons. The highest BCUT2D eigenvalue weighted by Gasteiger charge is 2.50. The Kier molecular flexibility index (Phi) is 9.72. The molecular weight excluding hydrogens is 514 g/mol. The second kappa shape index (κ2) is 12.4. The van der Waals surface area contributed by atoms with Gasteiger partial charge in [0.1, 0.15) is 11.8 Å². The summed E-state index contributed by atoms with van der Waals surface area (Å²) >= 11 is 1.48. The molecule has 3 rings (SSSR count). The van der Waals surface area contributed by atoms with Gasteiger partial charge in [0.15, 0.2) is 12.7 Å². The number of hydrogen-bond acceptors (Lipinski definition) is 6. The number of para-hydroxylation sites is 1. The van der Waals surface area contributed by atoms with Crippen molar-refractivity contribution in [1.82, 2.24) is 15.5 Å². The van der Waals surface area contributed by atoms with Gasteiger partial charge < -0.3 is 25.4 Å². The van der Waals surface area contributed by atoms with Crippen LogP contribution in [0.1, 0.15) is 51.3 Å². The van der Waals surface area contributed by atoms with Crippen molar-refractivity contribution in [2.24, 2.45) is 0 Å². The fourth-order valence-electron chi connectivity index (χ4n) is 4.72. The first-order valence-electron chi connectivity index (χ1n) is 13.2. The number of thioether (sulfide) groups is 1. The molecule has 39 heavy (non-hydrogen) atoms. The van der Waals surface area contributed by atoms with Crippen LogP contribution in [-0.4, -0.2) is 68.7 Å². The van der Waals surface area contributed by atoms with Crippen LogP contribution in [0.3, 0.4) is 0 Å². The van der Waals surface area contributed by atoms with Gasteiger partial charge in [0.2, 0.25) is 5.91 Å². The Hall–Kier alpha value is -3.04. The highest BCUT2D eigenvalue weighted by Crippen LogP contribution is 2.40. The van der Waals surface area contributed by atoms with E-state index in [1.54, 1.807) is 0 Å². The van der Waals surface area contributed by atoms with E-state index >= 15 is 0 Å². The molecule has 3 N–H and O–H groups in total. The number of ether oxygens (including phenoxy) is 1. The van der Waals surface area contributed by atoms with Crippen LogP contribution in [-0.2, 0) is 20.8 Å². The predicted octanol–water partition coefficient (Wildman–Crippen LogP) is 3.37. The lowest BCUT2D eigenvalue weighted by Crippen LogP contribution is -2.60. The molecule has 1 saturated heterocycles. The number of rotatable bonds is 9. The van der Waals surface area contributed by atoms with Gasteiger partial charge in [-0.15, -0.1) is 11.8 Å². The second-order valence-electron chi connectivity index (χ2n) is 11.6. The van der Waals surface area contributed by atoms with Crippen LogP contribution in [0.2, 0.25) is 0 Å². The Bertz CT molecular complexity index is 1160. The largest absolute Gasteiger partial charge is 0.483 e. The molecule has 0 aromatic heterocycles. The first-order chi connectivity index (χ1) is 18.2. The summed E-state index contributed by atoms with van der Waals surface area (Å²) in [5.74, 6) is -0.438. The summed E-state index contributed by atoms with van der Waals surface area (Å²) in [5.41, 5.74) is 2.19. The molecule has 2 aromatic carbocycles. The third-order valence-electron chi connectivity index (χ3n) is 6.61. The van der Waals surface area contributed by atoms with Crippen molar-refractivity contribution >= 4 is 29.5 Å². The Morgan fingerprint density at radius 3 is 2.28 bits per heavy atom. The van der Waals surface area contributed by atoms with Crippen molar-refractivity contribution in [1.29, 1.82) is 0 Å². The smallest absolute Gasteiger partial charge is 0.258 e. The van der Waals surface area contributed by atoms with Crippen molar-refractivity contribution in [3.8, 4) is 5.75 Å². The van der Waals surface area contributed by atoms with Gasteiger partial charge in [-0.1, -0.05) is 48.5 Å². The molecule has 3 atom stereocenters. The number of nitrogens with one attached hydrogen (secondary N) is 2. The zero-order chi connectivity index (χ0) is 29.0. The molecule has 2 aromatic rings. The summed E-state index contributed by atoms with van der Waals surface area (Å²) in [6, 6.07) is 13.4. The Morgan fingerprint density at radius 1 is 1.08 bits per heavy atom. The van der Waals surface area contributed by atoms with Crippen LogP contribution in [0.4, 0.5) is 0 Å². The van der Waals surface area contributed by atoms with Gasteiger partial charge in [0.05, 0.1) is 11.9 Å². The topological polar surface area (TPSA) is 108 Å². The maximum Gasteiger partial charge on any atom is 0.258 e. The van der Waals surface area contributed by atoms with Gasteiger partial charge in [-0.3, -0.25) is 14.4 Å². The summed E-state index contributed by atoms with van der Waals surface area (Å²) in [6.45, 7) is 13.0. The van der Waals surface area contributed by atoms with E-state index < -0.39 is 40.3 Å². The summed E-state index contributed by atoms with van der Waals surface area (Å²) in [6.07, 6.45) is -1.33. The molecule has 1 aliphatic heterocycles. The maximum atomic E-state index is 13.7. The van der Waals surface area contributed by atoms with Gasteiger partial charge in [-0.05, 0) is 71.6 Å². The normalized spacial score (nSPS) is 18.3. The molecule has 0 saturated carbocycles. The molecule has 212 valence electrons. The second-order valence-corrected chi connectivity index (χ2v) is 13.2. The molecule has 1 fully saturated rings. The van der Waals surface area contributed by atoms with Gasteiger partial charge in [-0.2, -0.15) is 0 Å². The fraction of sp³-hybridized carbons (Fsp3) is 0.500. The van der Waals surface area contributed by atoms with E-state index in [0.29, 0.717) is 5.75 Å². The number of carbonyl (C=O) groups excluding carboxylic acids is 3. The van der Waals surface area contributed by atoms with E-state index in [1.807, 2.05) is 97.0 Å². The number of benzene rings is 2. The first kappa shape index (κ1) is 30.5. The number of hydrogen-bond donors (Lipinski definition) is 3. The van der Waals surface area contributed by atoms with Crippen LogP contribution in [0.5, 0.6) is 5.75 Å². The van der Waals surface area contributed by atoms with E-state index in [-0.39, 0.29) is 24.8 Å². The third kappa shape index (κ3) is 7.99. The Morgan fingerprint density at radius 2 is 1.69 bits per heavy atom. The van der Waals surface area contributed by atoms with Crippen LogP contribution in [0.15, 0.2) is 48.5 Å². The quantitative estimate of drug-likeness (QED) is 0.438. The monoisotopic (exact) mass is 555 g/mol. The van der Waals surface area contributed by atoms with Crippen LogP contribution >= 0.6 is 11.8 Å². The van der Waals surface area contributed by atoms with Crippen LogP contribution in [0, 0.1) is 13.8 Å². The fourth-order valence-corrected chi connectivity index (χ4v) is 5.86. The average molecular weight is 556 g/mol. The molecule has 0 spiro atoms. The number of nitrogens with zero attached hydrogens (tertiary/aromatic N) is 1. The number of aryl methyl sites for hydroxylation is 2. The molecule has 3 amide bonds. The highest BCUT2D eigenvalue weighted by atomic mass is 32.2. The zero-order valence-corrected chi connectivity index (χ0v) is 24.7. The van der Waals surface area contributed by atoms with Crippen molar-refractivity contribution in [3.05, 3.63) is 65.2 Å². The number of amides is 3. The van der Waals surface area contributed by atoms with Crippen molar-refractivity contribution in [2.45, 2.75) is 83.4 Å². The van der Waals surface area contributed by atoms with E-state index in [1.165, 1.54) is 16.7 Å². The molecule has 0 aliphatic carbocycles. The molecule has 0 unspecified atom stereocenters. The lowest BCUT2D eigenvalue weighted by atomic mass is 9.96. The molecule has 1 heterocycles. The number of carbonyl (C=O) groups is 3.